The number of unbranched alkanes of at least 4 members (excludes halogenated alkanes) is 1. The molecular formula is C24H38O9. The lowest BCUT2D eigenvalue weighted by Gasteiger charge is -2.60. The number of methoxy groups -OCH3 is 1. The third kappa shape index (κ3) is 4.93. The largest absolute Gasteiger partial charge is 0.469 e. The predicted molar refractivity (Wildman–Crippen MR) is 114 cm³/mol. The van der Waals surface area contributed by atoms with Crippen molar-refractivity contribution in [2.24, 2.45) is 23.7 Å². The molecule has 0 aromatic heterocycles. The molecule has 5 aliphatic rings. The number of carbonyl (C=O) groups excluding carboxylic acids is 2. The number of hydrogen-bond donors (Lipinski definition) is 0. The van der Waals surface area contributed by atoms with Crippen LogP contribution in [0.5, 0.6) is 0 Å². The Morgan fingerprint density at radius 2 is 1.73 bits per heavy atom. The fraction of sp³-hybridized carbons (Fsp3) is 0.917. The van der Waals surface area contributed by atoms with Crippen molar-refractivity contribution >= 4 is 11.9 Å². The van der Waals surface area contributed by atoms with E-state index >= 15 is 0 Å². The van der Waals surface area contributed by atoms with Gasteiger partial charge in [-0.15, -0.1) is 0 Å². The van der Waals surface area contributed by atoms with Gasteiger partial charge in [0, 0.05) is 24.9 Å². The summed E-state index contributed by atoms with van der Waals surface area (Å²) in [5.74, 6) is -0.362. The van der Waals surface area contributed by atoms with Gasteiger partial charge in [-0.25, -0.2) is 9.78 Å². The molecule has 1 aliphatic carbocycles. The van der Waals surface area contributed by atoms with E-state index in [0.717, 1.165) is 32.1 Å². The molecule has 1 spiro atoms. The van der Waals surface area contributed by atoms with Crippen LogP contribution in [0.25, 0.3) is 0 Å². The minimum Gasteiger partial charge on any atom is -0.469 e. The van der Waals surface area contributed by atoms with Crippen molar-refractivity contribution in [2.75, 3.05) is 20.3 Å². The topological polar surface area (TPSA) is 98.8 Å². The van der Waals surface area contributed by atoms with Crippen LogP contribution in [0.2, 0.25) is 0 Å². The number of carbonyl (C=O) groups is 2. The second kappa shape index (κ2) is 10.2. The van der Waals surface area contributed by atoms with Gasteiger partial charge in [0.05, 0.1) is 26.6 Å². The minimum atomic E-state index is -0.791. The average molecular weight is 471 g/mol. The molecule has 188 valence electrons. The number of ether oxygens (including phenoxy) is 5. The van der Waals surface area contributed by atoms with Crippen LogP contribution in [0.4, 0.5) is 0 Å². The molecule has 0 aromatic carbocycles. The molecule has 4 aliphatic heterocycles. The summed E-state index contributed by atoms with van der Waals surface area (Å²) in [4.78, 5) is 34.7. The Morgan fingerprint density at radius 3 is 2.52 bits per heavy atom. The molecule has 0 amide bonds. The van der Waals surface area contributed by atoms with E-state index < -0.39 is 29.6 Å². The summed E-state index contributed by atoms with van der Waals surface area (Å²) >= 11 is 0. The summed E-state index contributed by atoms with van der Waals surface area (Å²) in [5.41, 5.74) is -0.578. The highest BCUT2D eigenvalue weighted by Crippen LogP contribution is 2.60. The van der Waals surface area contributed by atoms with Gasteiger partial charge >= 0.3 is 11.9 Å². The molecular weight excluding hydrogens is 432 g/mol. The molecule has 4 heterocycles. The third-order valence-corrected chi connectivity index (χ3v) is 7.94. The standard InChI is InChI=1S/C24H38O9/c1-15-7-8-18-16(2)21(29-14-6-5-13-28-20(26)10-9-19(25)27-4)30-22-24(18)17(15)11-12-23(3,31-22)32-33-24/h15-18,21-22H,5-14H2,1-4H3/t15-,16-,17+,18+,21+,22-,23+,24-/m1/s1. The van der Waals surface area contributed by atoms with Crippen LogP contribution in [0, 0.1) is 23.7 Å². The summed E-state index contributed by atoms with van der Waals surface area (Å²) in [6.07, 6.45) is 4.56. The first-order chi connectivity index (χ1) is 15.8. The van der Waals surface area contributed by atoms with Crippen molar-refractivity contribution in [3.63, 3.8) is 0 Å². The summed E-state index contributed by atoms with van der Waals surface area (Å²) in [6.45, 7) is 7.17. The molecule has 0 radical (unpaired) electrons. The zero-order chi connectivity index (χ0) is 23.6. The van der Waals surface area contributed by atoms with Gasteiger partial charge in [0.25, 0.3) is 0 Å². The molecule has 0 unspecified atom stereocenters. The van der Waals surface area contributed by atoms with E-state index in [9.17, 15) is 9.59 Å². The highest BCUT2D eigenvalue weighted by Gasteiger charge is 2.69. The van der Waals surface area contributed by atoms with E-state index in [0.29, 0.717) is 31.5 Å². The van der Waals surface area contributed by atoms with Crippen molar-refractivity contribution in [3.8, 4) is 0 Å². The zero-order valence-corrected chi connectivity index (χ0v) is 20.2. The Bertz CT molecular complexity index is 714. The Hall–Kier alpha value is -1.26. The molecule has 9 heteroatoms. The summed E-state index contributed by atoms with van der Waals surface area (Å²) in [5, 5.41) is 0. The van der Waals surface area contributed by atoms with Crippen molar-refractivity contribution < 1.29 is 43.0 Å². The summed E-state index contributed by atoms with van der Waals surface area (Å²) in [7, 11) is 1.30. The Kier molecular flexibility index (Phi) is 7.65. The average Bonchev–Trinajstić information content (AvgIpc) is 3.03. The molecule has 0 aromatic rings. The van der Waals surface area contributed by atoms with Crippen LogP contribution < -0.4 is 0 Å². The Morgan fingerprint density at radius 1 is 0.970 bits per heavy atom. The second-order valence-electron chi connectivity index (χ2n) is 10.1. The molecule has 5 rings (SSSR count). The van der Waals surface area contributed by atoms with Gasteiger partial charge in [-0.3, -0.25) is 9.59 Å². The van der Waals surface area contributed by atoms with Crippen LogP contribution in [-0.4, -0.2) is 56.2 Å². The van der Waals surface area contributed by atoms with Gasteiger partial charge in [0.2, 0.25) is 5.79 Å². The lowest BCUT2D eigenvalue weighted by Crippen LogP contribution is -2.70. The van der Waals surface area contributed by atoms with Gasteiger partial charge in [-0.2, -0.15) is 0 Å². The molecule has 2 bridgehead atoms. The number of fused-ring (bicyclic) bond motifs is 2. The smallest absolute Gasteiger partial charge is 0.306 e. The molecule has 8 atom stereocenters. The monoisotopic (exact) mass is 470 g/mol. The maximum Gasteiger partial charge on any atom is 0.306 e. The molecule has 4 saturated heterocycles. The molecule has 5 fully saturated rings. The lowest BCUT2D eigenvalue weighted by atomic mass is 9.58. The van der Waals surface area contributed by atoms with Crippen LogP contribution in [0.15, 0.2) is 0 Å². The van der Waals surface area contributed by atoms with Gasteiger partial charge in [0.1, 0.15) is 0 Å². The highest BCUT2D eigenvalue weighted by molar-refractivity contribution is 5.77. The van der Waals surface area contributed by atoms with E-state index in [4.69, 9.17) is 28.7 Å². The van der Waals surface area contributed by atoms with Crippen molar-refractivity contribution in [3.05, 3.63) is 0 Å². The van der Waals surface area contributed by atoms with E-state index in [1.165, 1.54) is 7.11 Å². The first-order valence-electron chi connectivity index (χ1n) is 12.3. The van der Waals surface area contributed by atoms with Gasteiger partial charge in [-0.05, 0) is 50.9 Å². The van der Waals surface area contributed by atoms with Crippen molar-refractivity contribution in [2.45, 2.75) is 96.1 Å². The van der Waals surface area contributed by atoms with Crippen LogP contribution >= 0.6 is 0 Å². The van der Waals surface area contributed by atoms with Gasteiger partial charge < -0.3 is 23.7 Å². The van der Waals surface area contributed by atoms with Crippen LogP contribution in [0.1, 0.15) is 72.1 Å². The predicted octanol–water partition coefficient (Wildman–Crippen LogP) is 3.49. The maximum atomic E-state index is 11.6. The molecule has 1 saturated carbocycles. The van der Waals surface area contributed by atoms with Gasteiger partial charge in [0.15, 0.2) is 18.2 Å². The van der Waals surface area contributed by atoms with Gasteiger partial charge in [-0.1, -0.05) is 13.8 Å². The third-order valence-electron chi connectivity index (χ3n) is 7.94. The minimum absolute atomic E-state index is 0.0332. The molecule has 0 N–H and O–H groups in total. The molecule has 33 heavy (non-hydrogen) atoms. The summed E-state index contributed by atoms with van der Waals surface area (Å²) in [6, 6.07) is 0. The number of esters is 2. The first-order valence-corrected chi connectivity index (χ1v) is 12.3. The maximum absolute atomic E-state index is 11.6. The lowest BCUT2D eigenvalue weighted by molar-refractivity contribution is -0.577. The quantitative estimate of drug-likeness (QED) is 0.285. The van der Waals surface area contributed by atoms with E-state index in [1.807, 2.05) is 6.92 Å². The molecule has 9 nitrogen and oxygen atoms in total. The second-order valence-corrected chi connectivity index (χ2v) is 10.1. The van der Waals surface area contributed by atoms with E-state index in [1.54, 1.807) is 0 Å². The Balaban J connectivity index is 1.26. The number of hydrogen-bond acceptors (Lipinski definition) is 9. The Labute approximate surface area is 195 Å². The first kappa shape index (κ1) is 24.9. The van der Waals surface area contributed by atoms with Crippen molar-refractivity contribution in [1.29, 1.82) is 0 Å². The SMILES string of the molecule is COC(=O)CCC(=O)OCCCCO[C@H]1O[C@@H]2O[C@]3(C)CC[C@H]4[C@H](C)CC[C@@H]([C@H]1C)[C@@]24OO3. The highest BCUT2D eigenvalue weighted by atomic mass is 17.3. The van der Waals surface area contributed by atoms with Crippen molar-refractivity contribution in [1.82, 2.24) is 0 Å². The van der Waals surface area contributed by atoms with E-state index in [-0.39, 0.29) is 31.0 Å². The number of rotatable bonds is 9. The fourth-order valence-electron chi connectivity index (χ4n) is 6.03. The van der Waals surface area contributed by atoms with Crippen LogP contribution in [0.3, 0.4) is 0 Å². The van der Waals surface area contributed by atoms with E-state index in [2.05, 4.69) is 18.6 Å². The zero-order valence-electron chi connectivity index (χ0n) is 20.2. The van der Waals surface area contributed by atoms with Crippen LogP contribution in [-0.2, 0) is 43.0 Å². The normalized spacial score (nSPS) is 41.7. The fourth-order valence-corrected chi connectivity index (χ4v) is 6.03. The summed E-state index contributed by atoms with van der Waals surface area (Å²) < 4.78 is 28.5.